The minimum atomic E-state index is 0.358. The summed E-state index contributed by atoms with van der Waals surface area (Å²) < 4.78 is 0. The maximum Gasteiger partial charge on any atom is 0.00740 e. The van der Waals surface area contributed by atoms with Gasteiger partial charge in [-0.1, -0.05) is 34.6 Å². The number of rotatable bonds is 7. The van der Waals surface area contributed by atoms with Crippen LogP contribution in [0.15, 0.2) is 0 Å². The van der Waals surface area contributed by atoms with Crippen molar-refractivity contribution in [3.8, 4) is 0 Å². The topological polar surface area (TPSA) is 29.3 Å². The average Bonchev–Trinajstić information content (AvgIpc) is 2.10. The summed E-state index contributed by atoms with van der Waals surface area (Å²) in [6.07, 6.45) is 1.12. The van der Waals surface area contributed by atoms with Gasteiger partial charge in [0, 0.05) is 12.6 Å². The number of nitrogens with zero attached hydrogens (tertiary/aromatic N) is 1. The molecule has 0 aliphatic rings. The summed E-state index contributed by atoms with van der Waals surface area (Å²) in [6.45, 7) is 14.6. The van der Waals surface area contributed by atoms with E-state index in [0.29, 0.717) is 12.0 Å². The van der Waals surface area contributed by atoms with E-state index in [1.807, 2.05) is 0 Å². The number of hydrogen-bond acceptors (Lipinski definition) is 2. The minimum absolute atomic E-state index is 0.358. The van der Waals surface area contributed by atoms with Gasteiger partial charge in [0.05, 0.1) is 0 Å². The van der Waals surface area contributed by atoms with Crippen LogP contribution in [0.25, 0.3) is 0 Å². The van der Waals surface area contributed by atoms with Gasteiger partial charge in [-0.25, -0.2) is 0 Å². The Labute approximate surface area is 89.9 Å². The third-order valence-corrected chi connectivity index (χ3v) is 2.71. The van der Waals surface area contributed by atoms with Gasteiger partial charge in [-0.15, -0.1) is 0 Å². The Morgan fingerprint density at radius 2 is 1.71 bits per heavy atom. The van der Waals surface area contributed by atoms with Crippen molar-refractivity contribution in [1.29, 1.82) is 0 Å². The molecule has 14 heavy (non-hydrogen) atoms. The lowest BCUT2D eigenvalue weighted by molar-refractivity contribution is 0.240. The quantitative estimate of drug-likeness (QED) is 0.683. The zero-order valence-corrected chi connectivity index (χ0v) is 10.6. The highest BCUT2D eigenvalue weighted by atomic mass is 15.1. The van der Waals surface area contributed by atoms with Crippen LogP contribution in [0.3, 0.4) is 0 Å². The molecule has 2 heteroatoms. The normalized spacial score (nSPS) is 14.4. The zero-order valence-electron chi connectivity index (χ0n) is 10.6. The summed E-state index contributed by atoms with van der Waals surface area (Å²) in [7, 11) is 0. The molecule has 0 aromatic heterocycles. The van der Waals surface area contributed by atoms with E-state index < -0.39 is 0 Å². The van der Waals surface area contributed by atoms with Crippen molar-refractivity contribution >= 4 is 0 Å². The molecule has 0 rings (SSSR count). The molecule has 86 valence electrons. The SMILES string of the molecule is CCN(CCC(N)C(C)C)CC(C)C. The van der Waals surface area contributed by atoms with Crippen LogP contribution < -0.4 is 5.73 Å². The van der Waals surface area contributed by atoms with Crippen LogP contribution in [0.4, 0.5) is 0 Å². The molecule has 0 aromatic rings. The Morgan fingerprint density at radius 1 is 1.14 bits per heavy atom. The lowest BCUT2D eigenvalue weighted by Crippen LogP contribution is -2.35. The van der Waals surface area contributed by atoms with Gasteiger partial charge in [0.25, 0.3) is 0 Å². The molecule has 0 saturated heterocycles. The first-order chi connectivity index (χ1) is 6.47. The molecule has 0 aliphatic heterocycles. The molecule has 1 unspecified atom stereocenters. The summed E-state index contributed by atoms with van der Waals surface area (Å²) in [5.41, 5.74) is 6.02. The first-order valence-corrected chi connectivity index (χ1v) is 5.95. The summed E-state index contributed by atoms with van der Waals surface area (Å²) in [6, 6.07) is 0.358. The Morgan fingerprint density at radius 3 is 2.07 bits per heavy atom. The van der Waals surface area contributed by atoms with Crippen LogP contribution in [0.5, 0.6) is 0 Å². The van der Waals surface area contributed by atoms with Crippen LogP contribution in [0.1, 0.15) is 41.0 Å². The van der Waals surface area contributed by atoms with Gasteiger partial charge >= 0.3 is 0 Å². The third kappa shape index (κ3) is 6.39. The minimum Gasteiger partial charge on any atom is -0.327 e. The molecule has 0 spiro atoms. The van der Waals surface area contributed by atoms with E-state index in [0.717, 1.165) is 25.4 Å². The smallest absolute Gasteiger partial charge is 0.00740 e. The average molecular weight is 200 g/mol. The van der Waals surface area contributed by atoms with Gasteiger partial charge < -0.3 is 10.6 Å². The second kappa shape index (κ2) is 7.24. The number of hydrogen-bond donors (Lipinski definition) is 1. The Bertz CT molecular complexity index is 132. The van der Waals surface area contributed by atoms with Gasteiger partial charge in [-0.05, 0) is 31.3 Å². The van der Waals surface area contributed by atoms with E-state index in [2.05, 4.69) is 39.5 Å². The molecule has 0 bridgehead atoms. The van der Waals surface area contributed by atoms with E-state index in [4.69, 9.17) is 5.73 Å². The van der Waals surface area contributed by atoms with E-state index in [1.165, 1.54) is 6.54 Å². The molecule has 0 radical (unpaired) electrons. The standard InChI is InChI=1S/C12H28N2/c1-6-14(9-10(2)3)8-7-12(13)11(4)5/h10-12H,6-9,13H2,1-5H3. The lowest BCUT2D eigenvalue weighted by Gasteiger charge is -2.25. The van der Waals surface area contributed by atoms with Gasteiger partial charge in [-0.3, -0.25) is 0 Å². The van der Waals surface area contributed by atoms with Crippen molar-refractivity contribution in [3.63, 3.8) is 0 Å². The molecule has 1 atom stereocenters. The summed E-state index contributed by atoms with van der Waals surface area (Å²) in [4.78, 5) is 2.49. The molecule has 0 saturated carbocycles. The second-order valence-electron chi connectivity index (χ2n) is 4.98. The van der Waals surface area contributed by atoms with Gasteiger partial charge in [0.2, 0.25) is 0 Å². The maximum atomic E-state index is 6.02. The van der Waals surface area contributed by atoms with E-state index >= 15 is 0 Å². The molecular weight excluding hydrogens is 172 g/mol. The van der Waals surface area contributed by atoms with E-state index in [-0.39, 0.29) is 0 Å². The predicted molar refractivity (Wildman–Crippen MR) is 64.4 cm³/mol. The van der Waals surface area contributed by atoms with Crippen LogP contribution in [-0.2, 0) is 0 Å². The molecule has 2 nitrogen and oxygen atoms in total. The highest BCUT2D eigenvalue weighted by Gasteiger charge is 2.10. The summed E-state index contributed by atoms with van der Waals surface area (Å²) in [5.74, 6) is 1.36. The predicted octanol–water partition coefficient (Wildman–Crippen LogP) is 2.34. The Kier molecular flexibility index (Phi) is 7.20. The first kappa shape index (κ1) is 13.9. The molecule has 0 heterocycles. The molecule has 0 fully saturated rings. The van der Waals surface area contributed by atoms with Crippen LogP contribution in [-0.4, -0.2) is 30.6 Å². The third-order valence-electron chi connectivity index (χ3n) is 2.71. The summed E-state index contributed by atoms with van der Waals surface area (Å²) in [5, 5.41) is 0. The fourth-order valence-corrected chi connectivity index (χ4v) is 1.56. The van der Waals surface area contributed by atoms with Crippen LogP contribution in [0, 0.1) is 11.8 Å². The molecular formula is C12H28N2. The van der Waals surface area contributed by atoms with Crippen molar-refractivity contribution in [2.75, 3.05) is 19.6 Å². The number of nitrogens with two attached hydrogens (primary N) is 1. The van der Waals surface area contributed by atoms with Gasteiger partial charge in [-0.2, -0.15) is 0 Å². The van der Waals surface area contributed by atoms with Crippen molar-refractivity contribution in [1.82, 2.24) is 4.90 Å². The van der Waals surface area contributed by atoms with E-state index in [1.54, 1.807) is 0 Å². The van der Waals surface area contributed by atoms with Crippen molar-refractivity contribution < 1.29 is 0 Å². The monoisotopic (exact) mass is 200 g/mol. The first-order valence-electron chi connectivity index (χ1n) is 5.95. The molecule has 0 aromatic carbocycles. The molecule has 2 N–H and O–H groups in total. The summed E-state index contributed by atoms with van der Waals surface area (Å²) >= 11 is 0. The molecule has 0 aliphatic carbocycles. The Balaban J connectivity index is 3.72. The second-order valence-corrected chi connectivity index (χ2v) is 4.98. The van der Waals surface area contributed by atoms with Crippen LogP contribution in [0.2, 0.25) is 0 Å². The highest BCUT2D eigenvalue weighted by Crippen LogP contribution is 2.05. The highest BCUT2D eigenvalue weighted by molar-refractivity contribution is 4.68. The van der Waals surface area contributed by atoms with Crippen LogP contribution >= 0.6 is 0 Å². The fourth-order valence-electron chi connectivity index (χ4n) is 1.56. The van der Waals surface area contributed by atoms with E-state index in [9.17, 15) is 0 Å². The largest absolute Gasteiger partial charge is 0.327 e. The van der Waals surface area contributed by atoms with Crippen molar-refractivity contribution in [3.05, 3.63) is 0 Å². The fraction of sp³-hybridized carbons (Fsp3) is 1.00. The lowest BCUT2D eigenvalue weighted by atomic mass is 10.0. The Hall–Kier alpha value is -0.0800. The van der Waals surface area contributed by atoms with Gasteiger partial charge in [0.1, 0.15) is 0 Å². The maximum absolute atomic E-state index is 6.02. The zero-order chi connectivity index (χ0) is 11.1. The van der Waals surface area contributed by atoms with Crippen molar-refractivity contribution in [2.24, 2.45) is 17.6 Å². The van der Waals surface area contributed by atoms with Gasteiger partial charge in [0.15, 0.2) is 0 Å². The molecule has 0 amide bonds. The van der Waals surface area contributed by atoms with Crippen molar-refractivity contribution in [2.45, 2.75) is 47.1 Å².